The van der Waals surface area contributed by atoms with Gasteiger partial charge in [0.15, 0.2) is 23.3 Å². The molecule has 1 aromatic carbocycles. The Balaban J connectivity index is 2.86. The molecule has 0 aliphatic heterocycles. The molecule has 13 heteroatoms. The summed E-state index contributed by atoms with van der Waals surface area (Å²) in [5.74, 6) is -10.1. The number of rotatable bonds is 8. The fourth-order valence-corrected chi connectivity index (χ4v) is 1.90. The van der Waals surface area contributed by atoms with E-state index in [-0.39, 0.29) is 6.42 Å². The van der Waals surface area contributed by atoms with E-state index in [0.717, 1.165) is 0 Å². The maximum Gasteiger partial charge on any atom is 0.344 e. The average Bonchev–Trinajstić information content (AvgIpc) is 2.56. The van der Waals surface area contributed by atoms with Gasteiger partial charge in [0, 0.05) is 11.3 Å². The van der Waals surface area contributed by atoms with Crippen molar-refractivity contribution in [1.82, 2.24) is 0 Å². The summed E-state index contributed by atoms with van der Waals surface area (Å²) in [4.78, 5) is 13.6. The van der Waals surface area contributed by atoms with Gasteiger partial charge in [0.25, 0.3) is 10.1 Å². The second kappa shape index (κ2) is 8.46. The predicted octanol–water partition coefficient (Wildman–Crippen LogP) is 3.22. The lowest BCUT2D eigenvalue weighted by atomic mass is 10.1. The highest BCUT2D eigenvalue weighted by Crippen LogP contribution is 2.30. The zero-order chi connectivity index (χ0) is 19.2. The number of nitrogens with zero attached hydrogens (tertiary/aromatic N) is 3. The third kappa shape index (κ3) is 4.92. The summed E-state index contributed by atoms with van der Waals surface area (Å²) in [5, 5.41) is 2.99. The van der Waals surface area contributed by atoms with E-state index in [4.69, 9.17) is 5.53 Å². The first-order chi connectivity index (χ1) is 11.7. The van der Waals surface area contributed by atoms with E-state index in [1.165, 1.54) is 0 Å². The van der Waals surface area contributed by atoms with Crippen molar-refractivity contribution in [3.8, 4) is 0 Å². The molecule has 0 saturated heterocycles. The Labute approximate surface area is 138 Å². The highest BCUT2D eigenvalue weighted by molar-refractivity contribution is 7.89. The second-order valence-electron chi connectivity index (χ2n) is 4.14. The predicted molar refractivity (Wildman–Crippen MR) is 75.0 cm³/mol. The molecule has 0 radical (unpaired) electrons. The summed E-state index contributed by atoms with van der Waals surface area (Å²) in [6, 6.07) is 0. The number of halogens is 4. The molecule has 0 aromatic heterocycles. The summed E-state index contributed by atoms with van der Waals surface area (Å²) in [6.07, 6.45) is -0.205. The van der Waals surface area contributed by atoms with Crippen molar-refractivity contribution < 1.29 is 39.7 Å². The second-order valence-corrected chi connectivity index (χ2v) is 5.69. The van der Waals surface area contributed by atoms with Gasteiger partial charge in [-0.2, -0.15) is 8.42 Å². The molecule has 0 spiro atoms. The van der Waals surface area contributed by atoms with E-state index in [0.29, 0.717) is 5.41 Å². The summed E-state index contributed by atoms with van der Waals surface area (Å²) >= 11 is 0. The highest BCUT2D eigenvalue weighted by atomic mass is 32.2. The molecule has 1 aromatic rings. The van der Waals surface area contributed by atoms with E-state index in [2.05, 4.69) is 20.6 Å². The fraction of sp³-hybridized carbons (Fsp3) is 0.250. The van der Waals surface area contributed by atoms with Crippen LogP contribution in [0.1, 0.15) is 16.8 Å². The van der Waals surface area contributed by atoms with Crippen LogP contribution in [0.2, 0.25) is 0 Å². The van der Waals surface area contributed by atoms with Crippen molar-refractivity contribution in [2.75, 3.05) is 13.2 Å². The number of esters is 1. The van der Waals surface area contributed by atoms with Crippen molar-refractivity contribution in [2.24, 2.45) is 5.11 Å². The summed E-state index contributed by atoms with van der Waals surface area (Å²) < 4.78 is 84.9. The third-order valence-electron chi connectivity index (χ3n) is 2.56. The van der Waals surface area contributed by atoms with Gasteiger partial charge in [-0.15, -0.1) is 0 Å². The van der Waals surface area contributed by atoms with Gasteiger partial charge in [-0.05, 0) is 5.53 Å². The molecule has 1 rings (SSSR count). The largest absolute Gasteiger partial charge is 0.462 e. The Hall–Kier alpha value is -2.63. The van der Waals surface area contributed by atoms with E-state index < -0.39 is 63.8 Å². The first-order valence-electron chi connectivity index (χ1n) is 6.26. The topological polar surface area (TPSA) is 118 Å². The third-order valence-corrected chi connectivity index (χ3v) is 3.47. The lowest BCUT2D eigenvalue weighted by Gasteiger charge is -2.09. The standard InChI is InChI=1S/C12H9F4N3O5S/c1-2-25(21,22)24-5-3-4-23-12(20)6-7(13)9(15)11(18-19-17)10(16)8(6)14/h2H,1,3-5H2. The zero-order valence-electron chi connectivity index (χ0n) is 12.2. The van der Waals surface area contributed by atoms with Crippen LogP contribution in [0.3, 0.4) is 0 Å². The summed E-state index contributed by atoms with van der Waals surface area (Å²) in [7, 11) is -3.94. The quantitative estimate of drug-likeness (QED) is 0.0998. The van der Waals surface area contributed by atoms with Crippen LogP contribution in [0.5, 0.6) is 0 Å². The van der Waals surface area contributed by atoms with Crippen LogP contribution in [0.15, 0.2) is 17.1 Å². The van der Waals surface area contributed by atoms with Crippen molar-refractivity contribution in [3.05, 3.63) is 51.3 Å². The Morgan fingerprint density at radius 2 is 1.72 bits per heavy atom. The van der Waals surface area contributed by atoms with Crippen LogP contribution < -0.4 is 0 Å². The number of hydrogen-bond donors (Lipinski definition) is 0. The van der Waals surface area contributed by atoms with Gasteiger partial charge in [-0.25, -0.2) is 22.4 Å². The molecule has 0 unspecified atom stereocenters. The van der Waals surface area contributed by atoms with E-state index >= 15 is 0 Å². The van der Waals surface area contributed by atoms with E-state index in [9.17, 15) is 30.8 Å². The Bertz CT molecular complexity index is 824. The molecular weight excluding hydrogens is 374 g/mol. The van der Waals surface area contributed by atoms with Gasteiger partial charge in [-0.3, -0.25) is 4.18 Å². The van der Waals surface area contributed by atoms with Gasteiger partial charge >= 0.3 is 5.97 Å². The lowest BCUT2D eigenvalue weighted by Crippen LogP contribution is -2.15. The summed E-state index contributed by atoms with van der Waals surface area (Å²) in [5.41, 5.74) is 4.87. The molecule has 136 valence electrons. The number of benzene rings is 1. The first-order valence-corrected chi connectivity index (χ1v) is 7.73. The zero-order valence-corrected chi connectivity index (χ0v) is 13.0. The van der Waals surface area contributed by atoms with Crippen molar-refractivity contribution in [3.63, 3.8) is 0 Å². The maximum absolute atomic E-state index is 13.7. The van der Waals surface area contributed by atoms with Gasteiger partial charge in [0.05, 0.1) is 18.6 Å². The fourth-order valence-electron chi connectivity index (χ4n) is 1.45. The molecule has 0 bridgehead atoms. The molecular formula is C12H9F4N3O5S. The minimum atomic E-state index is -3.94. The van der Waals surface area contributed by atoms with Crippen LogP contribution in [-0.4, -0.2) is 27.6 Å². The molecule has 0 N–H and O–H groups in total. The molecule has 0 aliphatic rings. The van der Waals surface area contributed by atoms with E-state index in [1.807, 2.05) is 4.91 Å². The van der Waals surface area contributed by atoms with Crippen molar-refractivity contribution >= 4 is 21.8 Å². The average molecular weight is 383 g/mol. The number of carbonyl (C=O) groups is 1. The minimum Gasteiger partial charge on any atom is -0.462 e. The van der Waals surface area contributed by atoms with Crippen LogP contribution in [0, 0.1) is 23.3 Å². The highest BCUT2D eigenvalue weighted by Gasteiger charge is 2.29. The van der Waals surface area contributed by atoms with Crippen LogP contribution in [-0.2, 0) is 19.0 Å². The first kappa shape index (κ1) is 20.4. The normalized spacial score (nSPS) is 10.9. The van der Waals surface area contributed by atoms with Gasteiger partial charge < -0.3 is 4.74 Å². The van der Waals surface area contributed by atoms with Crippen LogP contribution in [0.25, 0.3) is 10.4 Å². The molecule has 0 heterocycles. The number of azide groups is 1. The number of hydrogen-bond acceptors (Lipinski definition) is 6. The monoisotopic (exact) mass is 383 g/mol. The molecule has 0 saturated carbocycles. The number of ether oxygens (including phenoxy) is 1. The van der Waals surface area contributed by atoms with Crippen molar-refractivity contribution in [2.45, 2.75) is 6.42 Å². The Kier molecular flexibility index (Phi) is 6.91. The van der Waals surface area contributed by atoms with Crippen LogP contribution in [0.4, 0.5) is 23.2 Å². The van der Waals surface area contributed by atoms with Crippen molar-refractivity contribution in [1.29, 1.82) is 0 Å². The molecule has 25 heavy (non-hydrogen) atoms. The molecule has 0 fully saturated rings. The maximum atomic E-state index is 13.7. The molecule has 0 amide bonds. The Morgan fingerprint density at radius 1 is 1.16 bits per heavy atom. The van der Waals surface area contributed by atoms with Gasteiger partial charge in [0.2, 0.25) is 0 Å². The molecule has 0 aliphatic carbocycles. The smallest absolute Gasteiger partial charge is 0.344 e. The lowest BCUT2D eigenvalue weighted by molar-refractivity contribution is 0.0474. The van der Waals surface area contributed by atoms with Gasteiger partial charge in [0.1, 0.15) is 11.3 Å². The summed E-state index contributed by atoms with van der Waals surface area (Å²) in [6.45, 7) is 1.97. The SMILES string of the molecule is C=CS(=O)(=O)OCCCOC(=O)c1c(F)c(F)c(N=[N+]=[N-])c(F)c1F. The minimum absolute atomic E-state index is 0.205. The Morgan fingerprint density at radius 3 is 2.20 bits per heavy atom. The van der Waals surface area contributed by atoms with Gasteiger partial charge in [-0.1, -0.05) is 11.7 Å². The number of carbonyl (C=O) groups excluding carboxylic acids is 1. The molecule has 0 atom stereocenters. The van der Waals surface area contributed by atoms with Crippen LogP contribution >= 0.6 is 0 Å². The molecule has 8 nitrogen and oxygen atoms in total. The van der Waals surface area contributed by atoms with E-state index in [1.54, 1.807) is 0 Å².